The summed E-state index contributed by atoms with van der Waals surface area (Å²) in [6.45, 7) is 11.1. The van der Waals surface area contributed by atoms with Crippen molar-refractivity contribution in [2.45, 2.75) is 56.8 Å². The molecule has 0 bridgehead atoms. The Morgan fingerprint density at radius 2 is 2.03 bits per heavy atom. The number of nitrogens with zero attached hydrogens (tertiary/aromatic N) is 5. The molecule has 0 aromatic carbocycles. The van der Waals surface area contributed by atoms with E-state index in [9.17, 15) is 5.11 Å². The number of piperidine rings is 1. The summed E-state index contributed by atoms with van der Waals surface area (Å²) in [6.07, 6.45) is 3.89. The van der Waals surface area contributed by atoms with Gasteiger partial charge >= 0.3 is 0 Å². The highest BCUT2D eigenvalue weighted by Gasteiger charge is 2.23. The largest absolute Gasteiger partial charge is 0.452 e. The third-order valence-electron chi connectivity index (χ3n) is 5.60. The van der Waals surface area contributed by atoms with Gasteiger partial charge in [-0.1, -0.05) is 18.7 Å². The van der Waals surface area contributed by atoms with E-state index in [0.29, 0.717) is 28.4 Å². The number of rotatable bonds is 8. The highest BCUT2D eigenvalue weighted by atomic mass is 32.2. The second-order valence-electron chi connectivity index (χ2n) is 8.16. The Labute approximate surface area is 203 Å². The molecule has 1 saturated heterocycles. The van der Waals surface area contributed by atoms with Gasteiger partial charge < -0.3 is 20.1 Å². The van der Waals surface area contributed by atoms with Crippen molar-refractivity contribution < 1.29 is 9.84 Å². The Morgan fingerprint density at radius 1 is 1.24 bits per heavy atom. The SMILES string of the molecule is CCN1CCC(c2nsc(Nc3ncc(SC(C)O)cc3Oc3ccc(C)nc3C)n2)CC1. The van der Waals surface area contributed by atoms with Crippen molar-refractivity contribution in [2.75, 3.05) is 25.0 Å². The molecule has 4 rings (SSSR count). The molecule has 4 heterocycles. The second kappa shape index (κ2) is 10.8. The lowest BCUT2D eigenvalue weighted by Gasteiger charge is -2.29. The molecule has 2 N–H and O–H groups in total. The number of hydrogen-bond acceptors (Lipinski definition) is 10. The number of pyridine rings is 2. The predicted octanol–water partition coefficient (Wildman–Crippen LogP) is 5.11. The number of aryl methyl sites for hydroxylation is 2. The van der Waals surface area contributed by atoms with Crippen LogP contribution in [0, 0.1) is 13.8 Å². The number of aliphatic hydroxyl groups excluding tert-OH is 1. The second-order valence-corrected chi connectivity index (χ2v) is 10.3. The van der Waals surface area contributed by atoms with Crippen molar-refractivity contribution in [3.63, 3.8) is 0 Å². The van der Waals surface area contributed by atoms with Crippen LogP contribution in [-0.2, 0) is 0 Å². The molecule has 0 spiro atoms. The van der Waals surface area contributed by atoms with E-state index < -0.39 is 5.44 Å². The van der Waals surface area contributed by atoms with Crippen molar-refractivity contribution >= 4 is 34.2 Å². The summed E-state index contributed by atoms with van der Waals surface area (Å²) < 4.78 is 10.8. The number of ether oxygens (including phenoxy) is 1. The van der Waals surface area contributed by atoms with Crippen LogP contribution in [0.5, 0.6) is 11.5 Å². The molecule has 3 aromatic rings. The van der Waals surface area contributed by atoms with Gasteiger partial charge in [-0.3, -0.25) is 4.98 Å². The molecule has 1 atom stereocenters. The molecule has 1 aliphatic heterocycles. The minimum absolute atomic E-state index is 0.398. The van der Waals surface area contributed by atoms with E-state index >= 15 is 0 Å². The van der Waals surface area contributed by atoms with E-state index in [2.05, 4.69) is 31.5 Å². The molecule has 1 fully saturated rings. The molecule has 1 aliphatic rings. The molecule has 33 heavy (non-hydrogen) atoms. The molecule has 0 amide bonds. The van der Waals surface area contributed by atoms with Crippen LogP contribution in [0.1, 0.15) is 49.8 Å². The van der Waals surface area contributed by atoms with Gasteiger partial charge in [-0.05, 0) is 71.4 Å². The average Bonchev–Trinajstić information content (AvgIpc) is 3.25. The average molecular weight is 487 g/mol. The standard InChI is InChI=1S/C23H30N6O2S2/c1-5-29-10-8-17(9-11-29)21-26-23(33-28-21)27-22-20(12-18(13-24-22)32-16(4)30)31-19-7-6-14(2)25-15(19)3/h6-7,12-13,16-17,30H,5,8-11H2,1-4H3,(H,24,26,27,28). The molecular formula is C23H30N6O2S2. The van der Waals surface area contributed by atoms with E-state index in [-0.39, 0.29) is 0 Å². The van der Waals surface area contributed by atoms with E-state index in [1.807, 2.05) is 32.0 Å². The molecular weight excluding hydrogens is 456 g/mol. The van der Waals surface area contributed by atoms with Crippen LogP contribution in [-0.4, -0.2) is 54.4 Å². The monoisotopic (exact) mass is 486 g/mol. The highest BCUT2D eigenvalue weighted by Crippen LogP contribution is 2.36. The fraction of sp³-hybridized carbons (Fsp3) is 0.478. The zero-order valence-corrected chi connectivity index (χ0v) is 21.0. The van der Waals surface area contributed by atoms with Crippen LogP contribution in [0.2, 0.25) is 0 Å². The number of likely N-dealkylation sites (tertiary alicyclic amines) is 1. The fourth-order valence-electron chi connectivity index (χ4n) is 3.82. The Kier molecular flexibility index (Phi) is 7.79. The van der Waals surface area contributed by atoms with Gasteiger partial charge in [0.25, 0.3) is 0 Å². The van der Waals surface area contributed by atoms with Crippen molar-refractivity contribution in [1.82, 2.24) is 24.2 Å². The Balaban J connectivity index is 1.55. The summed E-state index contributed by atoms with van der Waals surface area (Å²) >= 11 is 2.65. The zero-order chi connectivity index (χ0) is 23.4. The highest BCUT2D eigenvalue weighted by molar-refractivity contribution is 7.99. The van der Waals surface area contributed by atoms with Crippen LogP contribution in [0.15, 0.2) is 29.3 Å². The lowest BCUT2D eigenvalue weighted by atomic mass is 9.96. The van der Waals surface area contributed by atoms with E-state index in [1.165, 1.54) is 23.3 Å². The maximum absolute atomic E-state index is 9.77. The van der Waals surface area contributed by atoms with Crippen LogP contribution >= 0.6 is 23.3 Å². The van der Waals surface area contributed by atoms with E-state index in [1.54, 1.807) is 13.1 Å². The maximum Gasteiger partial charge on any atom is 0.208 e. The number of anilines is 2. The first-order valence-electron chi connectivity index (χ1n) is 11.2. The molecule has 8 nitrogen and oxygen atoms in total. The molecule has 176 valence electrons. The summed E-state index contributed by atoms with van der Waals surface area (Å²) in [5.74, 6) is 3.05. The van der Waals surface area contributed by atoms with Crippen LogP contribution < -0.4 is 10.1 Å². The first-order valence-corrected chi connectivity index (χ1v) is 12.9. The third kappa shape index (κ3) is 6.20. The minimum Gasteiger partial charge on any atom is -0.452 e. The summed E-state index contributed by atoms with van der Waals surface area (Å²) in [7, 11) is 0. The van der Waals surface area contributed by atoms with Gasteiger partial charge in [-0.25, -0.2) is 9.97 Å². The van der Waals surface area contributed by atoms with Crippen LogP contribution in [0.4, 0.5) is 10.9 Å². The fourth-order valence-corrected chi connectivity index (χ4v) is 5.15. The molecule has 0 radical (unpaired) electrons. The van der Waals surface area contributed by atoms with Crippen molar-refractivity contribution in [2.24, 2.45) is 0 Å². The Morgan fingerprint density at radius 3 is 2.73 bits per heavy atom. The van der Waals surface area contributed by atoms with Crippen LogP contribution in [0.3, 0.4) is 0 Å². The Hall–Kier alpha value is -2.27. The first-order chi connectivity index (χ1) is 15.9. The number of aliphatic hydroxyl groups is 1. The van der Waals surface area contributed by atoms with Crippen molar-refractivity contribution in [3.05, 3.63) is 41.6 Å². The minimum atomic E-state index is -0.550. The van der Waals surface area contributed by atoms with Crippen molar-refractivity contribution in [3.8, 4) is 11.5 Å². The maximum atomic E-state index is 9.77. The first kappa shape index (κ1) is 23.9. The molecule has 0 saturated carbocycles. The summed E-state index contributed by atoms with van der Waals surface area (Å²) in [5.41, 5.74) is 1.18. The number of thioether (sulfide) groups is 1. The molecule has 10 heteroatoms. The smallest absolute Gasteiger partial charge is 0.208 e. The summed E-state index contributed by atoms with van der Waals surface area (Å²) in [5, 5.41) is 13.8. The molecule has 0 aliphatic carbocycles. The summed E-state index contributed by atoms with van der Waals surface area (Å²) in [4.78, 5) is 17.1. The predicted molar refractivity (Wildman–Crippen MR) is 133 cm³/mol. The lowest BCUT2D eigenvalue weighted by Crippen LogP contribution is -2.32. The van der Waals surface area contributed by atoms with Gasteiger partial charge in [0.05, 0.1) is 5.69 Å². The van der Waals surface area contributed by atoms with Crippen LogP contribution in [0.25, 0.3) is 0 Å². The van der Waals surface area contributed by atoms with E-state index in [0.717, 1.165) is 54.6 Å². The van der Waals surface area contributed by atoms with E-state index in [4.69, 9.17) is 9.72 Å². The van der Waals surface area contributed by atoms with Gasteiger partial charge in [0.1, 0.15) is 17.0 Å². The third-order valence-corrected chi connectivity index (χ3v) is 7.08. The molecule has 1 unspecified atom stereocenters. The summed E-state index contributed by atoms with van der Waals surface area (Å²) in [6, 6.07) is 5.69. The quantitative estimate of drug-likeness (QED) is 0.332. The number of aromatic nitrogens is 4. The number of nitrogens with one attached hydrogen (secondary N) is 1. The van der Waals surface area contributed by atoms with Gasteiger partial charge in [0, 0.05) is 34.2 Å². The van der Waals surface area contributed by atoms with Gasteiger partial charge in [0.2, 0.25) is 5.13 Å². The normalized spacial score (nSPS) is 16.0. The molecule has 3 aromatic heterocycles. The zero-order valence-electron chi connectivity index (χ0n) is 19.4. The van der Waals surface area contributed by atoms with Gasteiger partial charge in [-0.15, -0.1) is 0 Å². The lowest BCUT2D eigenvalue weighted by molar-refractivity contribution is 0.219. The van der Waals surface area contributed by atoms with Gasteiger partial charge in [-0.2, -0.15) is 4.37 Å². The van der Waals surface area contributed by atoms with Gasteiger partial charge in [0.15, 0.2) is 11.6 Å². The topological polar surface area (TPSA) is 96.3 Å². The Bertz CT molecular complexity index is 1080. The van der Waals surface area contributed by atoms with Crippen molar-refractivity contribution in [1.29, 1.82) is 0 Å². The number of hydrogen-bond donors (Lipinski definition) is 2.